The largest absolute Gasteiger partial charge is 0.388 e. The highest BCUT2D eigenvalue weighted by Crippen LogP contribution is 2.48. The highest BCUT2D eigenvalue weighted by atomic mass is 16.3. The van der Waals surface area contributed by atoms with Crippen molar-refractivity contribution in [1.29, 1.82) is 0 Å². The Morgan fingerprint density at radius 3 is 2.00 bits per heavy atom. The van der Waals surface area contributed by atoms with Crippen LogP contribution in [0.15, 0.2) is 0 Å². The van der Waals surface area contributed by atoms with Crippen LogP contribution in [0.1, 0.15) is 64.7 Å². The number of rotatable bonds is 3. The minimum Gasteiger partial charge on any atom is -0.388 e. The zero-order chi connectivity index (χ0) is 12.5. The van der Waals surface area contributed by atoms with Gasteiger partial charge in [-0.25, -0.2) is 0 Å². The van der Waals surface area contributed by atoms with Crippen molar-refractivity contribution in [3.63, 3.8) is 0 Å². The molecule has 0 spiro atoms. The molecule has 0 amide bonds. The van der Waals surface area contributed by atoms with Gasteiger partial charge >= 0.3 is 0 Å². The Kier molecular flexibility index (Phi) is 3.84. The highest BCUT2D eigenvalue weighted by molar-refractivity contribution is 5.08. The van der Waals surface area contributed by atoms with Crippen LogP contribution in [0.4, 0.5) is 0 Å². The molecule has 0 saturated heterocycles. The van der Waals surface area contributed by atoms with Crippen molar-refractivity contribution >= 4 is 0 Å². The lowest BCUT2D eigenvalue weighted by Gasteiger charge is -2.53. The molecule has 0 aromatic rings. The summed E-state index contributed by atoms with van der Waals surface area (Å²) >= 11 is 0. The maximum Gasteiger partial charge on any atom is 0.0830 e. The van der Waals surface area contributed by atoms with Gasteiger partial charge in [0.25, 0.3) is 0 Å². The first-order valence-electron chi connectivity index (χ1n) is 7.40. The first-order chi connectivity index (χ1) is 8.01. The second kappa shape index (κ2) is 4.89. The molecule has 0 aromatic carbocycles. The molecule has 100 valence electrons. The number of nitrogens with zero attached hydrogens (tertiary/aromatic N) is 1. The van der Waals surface area contributed by atoms with Crippen molar-refractivity contribution in [2.24, 2.45) is 5.92 Å². The van der Waals surface area contributed by atoms with Crippen LogP contribution in [-0.4, -0.2) is 35.2 Å². The Morgan fingerprint density at radius 1 is 1.00 bits per heavy atom. The van der Waals surface area contributed by atoms with Gasteiger partial charge in [-0.1, -0.05) is 32.1 Å². The minimum atomic E-state index is -0.446. The van der Waals surface area contributed by atoms with Crippen LogP contribution >= 0.6 is 0 Å². The lowest BCUT2D eigenvalue weighted by Crippen LogP contribution is -2.63. The van der Waals surface area contributed by atoms with Crippen LogP contribution in [0.25, 0.3) is 0 Å². The molecule has 0 aliphatic heterocycles. The van der Waals surface area contributed by atoms with Crippen molar-refractivity contribution in [3.05, 3.63) is 0 Å². The molecular formula is C15H29NO. The topological polar surface area (TPSA) is 23.5 Å². The molecule has 0 aromatic heterocycles. The molecule has 2 aliphatic rings. The second-order valence-electron chi connectivity index (χ2n) is 6.62. The van der Waals surface area contributed by atoms with Crippen molar-refractivity contribution < 1.29 is 5.11 Å². The standard InChI is InChI=1S/C15H29NO/c1-14(16(2)3,13-9-5-4-6-10-13)15(17)11-7-8-12-15/h13,17H,4-12H2,1-3H3/t14-/m1/s1. The second-order valence-corrected chi connectivity index (χ2v) is 6.62. The van der Waals surface area contributed by atoms with Gasteiger partial charge in [-0.2, -0.15) is 0 Å². The zero-order valence-electron chi connectivity index (χ0n) is 11.8. The molecular weight excluding hydrogens is 210 g/mol. The maximum atomic E-state index is 11.1. The molecule has 0 radical (unpaired) electrons. The van der Waals surface area contributed by atoms with Gasteiger partial charge in [-0.15, -0.1) is 0 Å². The Morgan fingerprint density at radius 2 is 1.53 bits per heavy atom. The van der Waals surface area contributed by atoms with E-state index in [2.05, 4.69) is 25.9 Å². The Bertz CT molecular complexity index is 252. The number of likely N-dealkylation sites (N-methyl/N-ethyl adjacent to an activating group) is 1. The lowest BCUT2D eigenvalue weighted by atomic mass is 9.65. The molecule has 0 heterocycles. The summed E-state index contributed by atoms with van der Waals surface area (Å²) in [7, 11) is 4.32. The first kappa shape index (κ1) is 13.4. The average molecular weight is 239 g/mol. The summed E-state index contributed by atoms with van der Waals surface area (Å²) in [5, 5.41) is 11.1. The van der Waals surface area contributed by atoms with E-state index in [0.29, 0.717) is 5.92 Å². The van der Waals surface area contributed by atoms with Crippen molar-refractivity contribution in [1.82, 2.24) is 4.90 Å². The van der Waals surface area contributed by atoms with Crippen molar-refractivity contribution in [3.8, 4) is 0 Å². The van der Waals surface area contributed by atoms with Crippen LogP contribution in [0.5, 0.6) is 0 Å². The molecule has 2 fully saturated rings. The number of hydrogen-bond acceptors (Lipinski definition) is 2. The monoisotopic (exact) mass is 239 g/mol. The number of hydrogen-bond donors (Lipinski definition) is 1. The predicted molar refractivity (Wildman–Crippen MR) is 72.1 cm³/mol. The fourth-order valence-electron chi connectivity index (χ4n) is 4.29. The Labute approximate surface area is 106 Å². The third-order valence-electron chi connectivity index (χ3n) is 5.70. The minimum absolute atomic E-state index is 0.0239. The van der Waals surface area contributed by atoms with E-state index in [1.165, 1.54) is 44.9 Å². The molecule has 0 unspecified atom stereocenters. The quantitative estimate of drug-likeness (QED) is 0.817. The van der Waals surface area contributed by atoms with Crippen LogP contribution in [0.2, 0.25) is 0 Å². The summed E-state index contributed by atoms with van der Waals surface area (Å²) in [4.78, 5) is 2.31. The van der Waals surface area contributed by atoms with Gasteiger partial charge in [0.15, 0.2) is 0 Å². The van der Waals surface area contributed by atoms with Crippen LogP contribution in [0.3, 0.4) is 0 Å². The van der Waals surface area contributed by atoms with Gasteiger partial charge in [0.2, 0.25) is 0 Å². The van der Waals surface area contributed by atoms with Crippen molar-refractivity contribution in [2.75, 3.05) is 14.1 Å². The SMILES string of the molecule is CN(C)[C@](C)(C1CCCCC1)C1(O)CCCC1. The van der Waals surface area contributed by atoms with E-state index in [4.69, 9.17) is 0 Å². The normalized spacial score (nSPS) is 29.5. The van der Waals surface area contributed by atoms with Gasteiger partial charge < -0.3 is 10.0 Å². The first-order valence-corrected chi connectivity index (χ1v) is 7.40. The molecule has 1 N–H and O–H groups in total. The zero-order valence-corrected chi connectivity index (χ0v) is 11.8. The maximum absolute atomic E-state index is 11.1. The molecule has 2 saturated carbocycles. The fraction of sp³-hybridized carbons (Fsp3) is 1.00. The Balaban J connectivity index is 2.24. The van der Waals surface area contributed by atoms with E-state index in [-0.39, 0.29) is 5.54 Å². The van der Waals surface area contributed by atoms with Crippen LogP contribution in [0, 0.1) is 5.92 Å². The third-order valence-corrected chi connectivity index (χ3v) is 5.70. The molecule has 17 heavy (non-hydrogen) atoms. The van der Waals surface area contributed by atoms with E-state index in [1.54, 1.807) is 0 Å². The average Bonchev–Trinajstić information content (AvgIpc) is 2.77. The van der Waals surface area contributed by atoms with Gasteiger partial charge in [-0.05, 0) is 52.6 Å². The summed E-state index contributed by atoms with van der Waals surface area (Å²) in [5.41, 5.74) is -0.470. The third kappa shape index (κ3) is 2.15. The smallest absolute Gasteiger partial charge is 0.0830 e. The molecule has 2 rings (SSSR count). The van der Waals surface area contributed by atoms with Gasteiger partial charge in [0, 0.05) is 5.54 Å². The van der Waals surface area contributed by atoms with E-state index in [1.807, 2.05) is 0 Å². The summed E-state index contributed by atoms with van der Waals surface area (Å²) in [6.07, 6.45) is 11.1. The van der Waals surface area contributed by atoms with Crippen molar-refractivity contribution in [2.45, 2.75) is 75.9 Å². The predicted octanol–water partition coefficient (Wildman–Crippen LogP) is 3.19. The molecule has 2 nitrogen and oxygen atoms in total. The van der Waals surface area contributed by atoms with Gasteiger partial charge in [-0.3, -0.25) is 0 Å². The van der Waals surface area contributed by atoms with E-state index in [0.717, 1.165) is 12.8 Å². The molecule has 2 heteroatoms. The lowest BCUT2D eigenvalue weighted by molar-refractivity contribution is -0.121. The highest BCUT2D eigenvalue weighted by Gasteiger charge is 2.53. The summed E-state index contributed by atoms with van der Waals surface area (Å²) in [5.74, 6) is 0.675. The Hall–Kier alpha value is -0.0800. The summed E-state index contributed by atoms with van der Waals surface area (Å²) in [6.45, 7) is 2.31. The van der Waals surface area contributed by atoms with E-state index >= 15 is 0 Å². The van der Waals surface area contributed by atoms with Crippen LogP contribution in [-0.2, 0) is 0 Å². The fourth-order valence-corrected chi connectivity index (χ4v) is 4.29. The molecule has 1 atom stereocenters. The summed E-state index contributed by atoms with van der Waals surface area (Å²) < 4.78 is 0. The number of aliphatic hydroxyl groups is 1. The molecule has 2 aliphatic carbocycles. The molecule has 0 bridgehead atoms. The summed E-state index contributed by atoms with van der Waals surface area (Å²) in [6, 6.07) is 0. The van der Waals surface area contributed by atoms with Gasteiger partial charge in [0.05, 0.1) is 5.60 Å². The van der Waals surface area contributed by atoms with Crippen LogP contribution < -0.4 is 0 Å². The van der Waals surface area contributed by atoms with Gasteiger partial charge in [0.1, 0.15) is 0 Å². The van der Waals surface area contributed by atoms with E-state index in [9.17, 15) is 5.11 Å². The van der Waals surface area contributed by atoms with E-state index < -0.39 is 5.60 Å².